The maximum atomic E-state index is 13.3. The summed E-state index contributed by atoms with van der Waals surface area (Å²) in [4.78, 5) is 12.9. The van der Waals surface area contributed by atoms with E-state index in [-0.39, 0.29) is 26.7 Å². The third kappa shape index (κ3) is 5.79. The lowest BCUT2D eigenvalue weighted by Gasteiger charge is -2.25. The van der Waals surface area contributed by atoms with Crippen LogP contribution in [0.1, 0.15) is 24.1 Å². The van der Waals surface area contributed by atoms with Crippen LogP contribution in [0.15, 0.2) is 77.7 Å². The first-order valence-electron chi connectivity index (χ1n) is 9.56. The molecule has 0 heterocycles. The molecule has 0 saturated carbocycles. The normalized spacial score (nSPS) is 12.3. The highest BCUT2D eigenvalue weighted by atomic mass is 35.5. The number of carbonyl (C=O) groups is 1. The molecule has 0 aromatic heterocycles. The average Bonchev–Trinajstić information content (AvgIpc) is 2.72. The highest BCUT2D eigenvalue weighted by Gasteiger charge is 2.28. The van der Waals surface area contributed by atoms with Crippen LogP contribution in [0, 0.1) is 6.92 Å². The van der Waals surface area contributed by atoms with E-state index < -0.39 is 22.5 Å². The van der Waals surface area contributed by atoms with Crippen LogP contribution >= 0.6 is 23.2 Å². The topological polar surface area (TPSA) is 66.5 Å². The second-order valence-electron chi connectivity index (χ2n) is 7.15. The number of amides is 1. The van der Waals surface area contributed by atoms with E-state index in [0.29, 0.717) is 0 Å². The maximum absolute atomic E-state index is 13.3. The van der Waals surface area contributed by atoms with Gasteiger partial charge < -0.3 is 5.32 Å². The Morgan fingerprint density at radius 3 is 2.13 bits per heavy atom. The molecule has 3 aromatic carbocycles. The van der Waals surface area contributed by atoms with Gasteiger partial charge in [-0.05, 0) is 49.7 Å². The van der Waals surface area contributed by atoms with Crippen molar-refractivity contribution in [2.45, 2.75) is 24.8 Å². The molecule has 0 aliphatic rings. The van der Waals surface area contributed by atoms with Gasteiger partial charge in [-0.2, -0.15) is 0 Å². The Morgan fingerprint density at radius 2 is 1.55 bits per heavy atom. The lowest BCUT2D eigenvalue weighted by molar-refractivity contribution is -0.120. The molecule has 0 unspecified atom stereocenters. The smallest absolute Gasteiger partial charge is 0.264 e. The Balaban J connectivity index is 1.91. The van der Waals surface area contributed by atoms with Gasteiger partial charge in [-0.1, -0.05) is 71.2 Å². The summed E-state index contributed by atoms with van der Waals surface area (Å²) in [7, 11) is -4.03. The Kier molecular flexibility index (Phi) is 7.26. The minimum Gasteiger partial charge on any atom is -0.348 e. The zero-order valence-corrected chi connectivity index (χ0v) is 19.4. The van der Waals surface area contributed by atoms with E-state index in [9.17, 15) is 13.2 Å². The largest absolute Gasteiger partial charge is 0.348 e. The van der Waals surface area contributed by atoms with Crippen molar-refractivity contribution in [3.63, 3.8) is 0 Å². The third-order valence-corrected chi connectivity index (χ3v) is 6.93. The number of benzene rings is 3. The van der Waals surface area contributed by atoms with Crippen LogP contribution in [-0.2, 0) is 14.8 Å². The molecule has 1 atom stereocenters. The predicted octanol–water partition coefficient (Wildman–Crippen LogP) is 5.37. The molecule has 31 heavy (non-hydrogen) atoms. The molecular weight excluding hydrogens is 455 g/mol. The van der Waals surface area contributed by atoms with Crippen LogP contribution in [0.25, 0.3) is 0 Å². The van der Waals surface area contributed by atoms with E-state index in [4.69, 9.17) is 23.2 Å². The first-order chi connectivity index (χ1) is 14.7. The van der Waals surface area contributed by atoms with E-state index in [0.717, 1.165) is 15.4 Å². The number of hydrogen-bond donors (Lipinski definition) is 1. The van der Waals surface area contributed by atoms with Gasteiger partial charge in [-0.3, -0.25) is 9.10 Å². The van der Waals surface area contributed by atoms with Crippen molar-refractivity contribution in [3.05, 3.63) is 94.0 Å². The lowest BCUT2D eigenvalue weighted by atomic mass is 10.1. The molecule has 5 nitrogen and oxygen atoms in total. The van der Waals surface area contributed by atoms with Crippen LogP contribution in [0.2, 0.25) is 10.0 Å². The molecule has 0 aliphatic heterocycles. The Bertz CT molecular complexity index is 1150. The van der Waals surface area contributed by atoms with Crippen molar-refractivity contribution < 1.29 is 13.2 Å². The van der Waals surface area contributed by atoms with Crippen LogP contribution in [0.5, 0.6) is 0 Å². The minimum absolute atomic E-state index is 0.0606. The van der Waals surface area contributed by atoms with Gasteiger partial charge in [0.05, 0.1) is 16.6 Å². The molecule has 162 valence electrons. The molecule has 0 spiro atoms. The Labute approximate surface area is 192 Å². The number of aryl methyl sites for hydroxylation is 1. The molecule has 0 radical (unpaired) electrons. The number of rotatable bonds is 7. The number of halogens is 2. The first kappa shape index (κ1) is 23.1. The van der Waals surface area contributed by atoms with Crippen LogP contribution in [0.4, 0.5) is 5.69 Å². The fraction of sp³-hybridized carbons (Fsp3) is 0.174. The van der Waals surface area contributed by atoms with Gasteiger partial charge in [0.15, 0.2) is 0 Å². The third-order valence-electron chi connectivity index (χ3n) is 4.71. The summed E-state index contributed by atoms with van der Waals surface area (Å²) in [5.74, 6) is -0.455. The predicted molar refractivity (Wildman–Crippen MR) is 125 cm³/mol. The molecule has 1 N–H and O–H groups in total. The van der Waals surface area contributed by atoms with Gasteiger partial charge in [0, 0.05) is 10.0 Å². The number of nitrogens with zero attached hydrogens (tertiary/aromatic N) is 1. The van der Waals surface area contributed by atoms with Crippen molar-refractivity contribution in [1.29, 1.82) is 0 Å². The number of carbonyl (C=O) groups excluding carboxylic acids is 1. The summed E-state index contributed by atoms with van der Waals surface area (Å²) >= 11 is 12.2. The minimum atomic E-state index is -4.03. The summed E-state index contributed by atoms with van der Waals surface area (Å²) in [6.45, 7) is 3.40. The first-order valence-corrected chi connectivity index (χ1v) is 11.8. The highest BCUT2D eigenvalue weighted by Crippen LogP contribution is 2.29. The SMILES string of the molecule is Cc1ccc([C@@H](C)NC(=O)CN(c2cc(Cl)cc(Cl)c2)S(=O)(=O)c2ccccc2)cc1. The van der Waals surface area contributed by atoms with Crippen molar-refractivity contribution in [2.24, 2.45) is 0 Å². The summed E-state index contributed by atoms with van der Waals surface area (Å²) in [5.41, 5.74) is 2.24. The van der Waals surface area contributed by atoms with Gasteiger partial charge in [0.1, 0.15) is 6.54 Å². The summed E-state index contributed by atoms with van der Waals surface area (Å²) < 4.78 is 27.7. The molecule has 0 aliphatic carbocycles. The fourth-order valence-electron chi connectivity index (χ4n) is 3.07. The van der Waals surface area contributed by atoms with Gasteiger partial charge in [0.2, 0.25) is 5.91 Å². The second-order valence-corrected chi connectivity index (χ2v) is 9.89. The number of sulfonamides is 1. The maximum Gasteiger partial charge on any atom is 0.264 e. The average molecular weight is 477 g/mol. The summed E-state index contributed by atoms with van der Waals surface area (Å²) in [6.07, 6.45) is 0. The molecule has 0 fully saturated rings. The van der Waals surface area contributed by atoms with Gasteiger partial charge in [0.25, 0.3) is 10.0 Å². The molecule has 0 bridgehead atoms. The van der Waals surface area contributed by atoms with Crippen LogP contribution < -0.4 is 9.62 Å². The van der Waals surface area contributed by atoms with Crippen molar-refractivity contribution in [3.8, 4) is 0 Å². The fourth-order valence-corrected chi connectivity index (χ4v) is 5.01. The van der Waals surface area contributed by atoms with E-state index in [1.807, 2.05) is 38.1 Å². The molecule has 8 heteroatoms. The van der Waals surface area contributed by atoms with E-state index in [1.165, 1.54) is 30.3 Å². The zero-order valence-electron chi connectivity index (χ0n) is 17.0. The number of nitrogens with one attached hydrogen (secondary N) is 1. The van der Waals surface area contributed by atoms with Gasteiger partial charge >= 0.3 is 0 Å². The summed E-state index contributed by atoms with van der Waals surface area (Å²) in [6, 6.07) is 19.8. The second kappa shape index (κ2) is 9.73. The quantitative estimate of drug-likeness (QED) is 0.497. The van der Waals surface area contributed by atoms with Gasteiger partial charge in [-0.25, -0.2) is 8.42 Å². The van der Waals surface area contributed by atoms with Crippen molar-refractivity contribution in [2.75, 3.05) is 10.8 Å². The number of hydrogen-bond acceptors (Lipinski definition) is 3. The zero-order chi connectivity index (χ0) is 22.6. The molecule has 3 rings (SSSR count). The van der Waals surface area contributed by atoms with Crippen LogP contribution in [-0.4, -0.2) is 20.9 Å². The Hall–Kier alpha value is -2.54. The lowest BCUT2D eigenvalue weighted by Crippen LogP contribution is -2.41. The van der Waals surface area contributed by atoms with Crippen molar-refractivity contribution in [1.82, 2.24) is 5.32 Å². The molecule has 3 aromatic rings. The molecule has 1 amide bonds. The number of anilines is 1. The van der Waals surface area contributed by atoms with E-state index in [1.54, 1.807) is 18.2 Å². The highest BCUT2D eigenvalue weighted by molar-refractivity contribution is 7.92. The van der Waals surface area contributed by atoms with E-state index >= 15 is 0 Å². The van der Waals surface area contributed by atoms with E-state index in [2.05, 4.69) is 5.32 Å². The molecule has 0 saturated heterocycles. The molecular formula is C23H22Cl2N2O3S. The Morgan fingerprint density at radius 1 is 0.968 bits per heavy atom. The van der Waals surface area contributed by atoms with Crippen LogP contribution in [0.3, 0.4) is 0 Å². The van der Waals surface area contributed by atoms with Crippen molar-refractivity contribution >= 4 is 44.8 Å². The summed E-state index contributed by atoms with van der Waals surface area (Å²) in [5, 5.41) is 3.39. The monoisotopic (exact) mass is 476 g/mol. The van der Waals surface area contributed by atoms with Gasteiger partial charge in [-0.15, -0.1) is 0 Å². The standard InChI is InChI=1S/C23H22Cl2N2O3S/c1-16-8-10-18(11-9-16)17(2)26-23(28)15-27(21-13-19(24)12-20(25)14-21)31(29,30)22-6-4-3-5-7-22/h3-14,17H,15H2,1-2H3,(H,26,28)/t17-/m1/s1.